The van der Waals surface area contributed by atoms with E-state index >= 15 is 0 Å². The largest absolute Gasteiger partial charge is 0.387 e. The number of allylic oxidation sites excluding steroid dienone is 1. The summed E-state index contributed by atoms with van der Waals surface area (Å²) >= 11 is 0. The summed E-state index contributed by atoms with van der Waals surface area (Å²) in [6.07, 6.45) is 4.02. The van der Waals surface area contributed by atoms with E-state index < -0.39 is 6.61 Å². The molecule has 7 nitrogen and oxygen atoms in total. The number of unbranched alkanes of at least 4 members (excludes halogenated alkanes) is 2. The number of nitrogens with one attached hydrogen (secondary N) is 3. The van der Waals surface area contributed by atoms with Crippen LogP contribution in [0.4, 0.5) is 0 Å². The minimum absolute atomic E-state index is 0.0204. The Kier molecular flexibility index (Phi) is 11.0. The zero-order valence-electron chi connectivity index (χ0n) is 11.6. The van der Waals surface area contributed by atoms with Gasteiger partial charge in [-0.25, -0.2) is 0 Å². The van der Waals surface area contributed by atoms with Crippen LogP contribution in [0.5, 0.6) is 0 Å². The highest BCUT2D eigenvalue weighted by Crippen LogP contribution is 2.04. The molecule has 0 radical (unpaired) electrons. The number of hydrogen-bond acceptors (Lipinski definition) is 5. The lowest BCUT2D eigenvalue weighted by atomic mass is 10.1. The van der Waals surface area contributed by atoms with Crippen LogP contribution in [0.1, 0.15) is 25.7 Å². The van der Waals surface area contributed by atoms with Crippen molar-refractivity contribution in [1.82, 2.24) is 16.0 Å². The lowest BCUT2D eigenvalue weighted by molar-refractivity contribution is -0.123. The van der Waals surface area contributed by atoms with Gasteiger partial charge in [-0.05, 0) is 19.3 Å². The standard InChI is InChI=1S/C13H23N3O4/c1-11(16-9-12(19)15-7-8-17)5-3-2-4-6-14-13(20)10-18/h8,16,18H,1-7,9-10H2,(H,14,20)(H,15,19). The number of aliphatic hydroxyl groups excluding tert-OH is 1. The Balaban J connectivity index is 3.43. The second kappa shape index (κ2) is 12.2. The lowest BCUT2D eigenvalue weighted by Gasteiger charge is -2.09. The molecule has 0 aliphatic carbocycles. The first kappa shape index (κ1) is 18.1. The Labute approximate surface area is 118 Å². The number of rotatable bonds is 12. The molecule has 0 unspecified atom stereocenters. The summed E-state index contributed by atoms with van der Waals surface area (Å²) < 4.78 is 0. The third-order valence-corrected chi connectivity index (χ3v) is 2.50. The second-order valence-corrected chi connectivity index (χ2v) is 4.25. The van der Waals surface area contributed by atoms with Gasteiger partial charge in [0.1, 0.15) is 12.9 Å². The van der Waals surface area contributed by atoms with Gasteiger partial charge in [0.2, 0.25) is 11.8 Å². The summed E-state index contributed by atoms with van der Waals surface area (Å²) in [7, 11) is 0. The summed E-state index contributed by atoms with van der Waals surface area (Å²) in [6, 6.07) is 0. The van der Waals surface area contributed by atoms with Gasteiger partial charge in [-0.1, -0.05) is 13.0 Å². The van der Waals surface area contributed by atoms with Crippen LogP contribution in [0.15, 0.2) is 12.3 Å². The summed E-state index contributed by atoms with van der Waals surface area (Å²) in [5.74, 6) is -0.609. The molecule has 0 fully saturated rings. The van der Waals surface area contributed by atoms with Crippen LogP contribution in [0.25, 0.3) is 0 Å². The highest BCUT2D eigenvalue weighted by Gasteiger charge is 2.01. The predicted octanol–water partition coefficient (Wildman–Crippen LogP) is -0.926. The molecule has 0 aromatic heterocycles. The number of aldehydes is 1. The van der Waals surface area contributed by atoms with Crippen LogP contribution in [-0.2, 0) is 14.4 Å². The molecule has 0 heterocycles. The average molecular weight is 285 g/mol. The molecule has 0 spiro atoms. The Morgan fingerprint density at radius 3 is 2.45 bits per heavy atom. The maximum absolute atomic E-state index is 11.2. The van der Waals surface area contributed by atoms with Crippen LogP contribution in [-0.4, -0.2) is 49.4 Å². The predicted molar refractivity (Wildman–Crippen MR) is 74.8 cm³/mol. The molecule has 0 rings (SSSR count). The van der Waals surface area contributed by atoms with Gasteiger partial charge in [0, 0.05) is 12.2 Å². The number of aliphatic hydroxyl groups is 1. The Morgan fingerprint density at radius 1 is 1.05 bits per heavy atom. The summed E-state index contributed by atoms with van der Waals surface area (Å²) in [5.41, 5.74) is 0.769. The molecule has 0 saturated heterocycles. The third-order valence-electron chi connectivity index (χ3n) is 2.50. The SMILES string of the molecule is C=C(CCCCCNC(=O)CO)NCC(=O)NCC=O. The van der Waals surface area contributed by atoms with Crippen LogP contribution in [0.2, 0.25) is 0 Å². The second-order valence-electron chi connectivity index (χ2n) is 4.25. The molecular formula is C13H23N3O4. The molecule has 2 amide bonds. The molecule has 0 aliphatic heterocycles. The first-order valence-electron chi connectivity index (χ1n) is 6.59. The van der Waals surface area contributed by atoms with Crippen molar-refractivity contribution in [3.8, 4) is 0 Å². The quantitative estimate of drug-likeness (QED) is 0.274. The van der Waals surface area contributed by atoms with Gasteiger partial charge < -0.3 is 25.9 Å². The maximum atomic E-state index is 11.2. The van der Waals surface area contributed by atoms with Crippen molar-refractivity contribution in [1.29, 1.82) is 0 Å². The number of carbonyl (C=O) groups is 3. The lowest BCUT2D eigenvalue weighted by Crippen LogP contribution is -2.34. The normalized spacial score (nSPS) is 9.65. The molecule has 0 aliphatic rings. The van der Waals surface area contributed by atoms with E-state index in [-0.39, 0.29) is 24.9 Å². The van der Waals surface area contributed by atoms with Gasteiger partial charge in [-0.3, -0.25) is 9.59 Å². The van der Waals surface area contributed by atoms with Crippen LogP contribution in [0.3, 0.4) is 0 Å². The van der Waals surface area contributed by atoms with Crippen molar-refractivity contribution in [3.63, 3.8) is 0 Å². The maximum Gasteiger partial charge on any atom is 0.245 e. The fraction of sp³-hybridized carbons (Fsp3) is 0.615. The fourth-order valence-corrected chi connectivity index (χ4v) is 1.44. The minimum Gasteiger partial charge on any atom is -0.387 e. The Morgan fingerprint density at radius 2 is 1.80 bits per heavy atom. The summed E-state index contributed by atoms with van der Waals surface area (Å²) in [5, 5.41) is 16.4. The van der Waals surface area contributed by atoms with Crippen molar-refractivity contribution in [3.05, 3.63) is 12.3 Å². The van der Waals surface area contributed by atoms with Gasteiger partial charge in [-0.15, -0.1) is 0 Å². The van der Waals surface area contributed by atoms with Gasteiger partial charge >= 0.3 is 0 Å². The topological polar surface area (TPSA) is 108 Å². The molecule has 0 aromatic rings. The molecule has 0 bridgehead atoms. The molecular weight excluding hydrogens is 262 g/mol. The van der Waals surface area contributed by atoms with Crippen LogP contribution < -0.4 is 16.0 Å². The third kappa shape index (κ3) is 11.2. The smallest absolute Gasteiger partial charge is 0.245 e. The van der Waals surface area contributed by atoms with Crippen molar-refractivity contribution in [2.45, 2.75) is 25.7 Å². The molecule has 0 aromatic carbocycles. The fourth-order valence-electron chi connectivity index (χ4n) is 1.44. The summed E-state index contributed by atoms with van der Waals surface area (Å²) in [4.78, 5) is 32.0. The highest BCUT2D eigenvalue weighted by atomic mass is 16.3. The van der Waals surface area contributed by atoms with Crippen molar-refractivity contribution >= 4 is 18.1 Å². The van der Waals surface area contributed by atoms with Crippen molar-refractivity contribution in [2.24, 2.45) is 0 Å². The first-order chi connectivity index (χ1) is 9.60. The average Bonchev–Trinajstić information content (AvgIpc) is 2.45. The molecule has 20 heavy (non-hydrogen) atoms. The van der Waals surface area contributed by atoms with E-state index in [1.165, 1.54) is 0 Å². The van der Waals surface area contributed by atoms with Gasteiger partial charge in [-0.2, -0.15) is 0 Å². The van der Waals surface area contributed by atoms with Gasteiger partial charge in [0.05, 0.1) is 13.1 Å². The zero-order chi connectivity index (χ0) is 15.2. The monoisotopic (exact) mass is 285 g/mol. The van der Waals surface area contributed by atoms with E-state index in [4.69, 9.17) is 5.11 Å². The van der Waals surface area contributed by atoms with E-state index in [1.54, 1.807) is 0 Å². The van der Waals surface area contributed by atoms with Crippen molar-refractivity contribution in [2.75, 3.05) is 26.2 Å². The van der Waals surface area contributed by atoms with E-state index in [0.717, 1.165) is 31.4 Å². The molecule has 7 heteroatoms. The van der Waals surface area contributed by atoms with Crippen LogP contribution >= 0.6 is 0 Å². The van der Waals surface area contributed by atoms with Crippen molar-refractivity contribution < 1.29 is 19.5 Å². The molecule has 0 atom stereocenters. The summed E-state index contributed by atoms with van der Waals surface area (Å²) in [6.45, 7) is 4.00. The Hall–Kier alpha value is -1.89. The number of amides is 2. The van der Waals surface area contributed by atoms with Gasteiger partial charge in [0.15, 0.2) is 0 Å². The van der Waals surface area contributed by atoms with E-state index in [1.807, 2.05) is 0 Å². The van der Waals surface area contributed by atoms with Gasteiger partial charge in [0.25, 0.3) is 0 Å². The van der Waals surface area contributed by atoms with Crippen LogP contribution in [0, 0.1) is 0 Å². The minimum atomic E-state index is -0.479. The molecule has 114 valence electrons. The molecule has 0 saturated carbocycles. The first-order valence-corrected chi connectivity index (χ1v) is 6.59. The van der Waals surface area contributed by atoms with E-state index in [2.05, 4.69) is 22.5 Å². The molecule has 4 N–H and O–H groups in total. The number of carbonyl (C=O) groups excluding carboxylic acids is 3. The Bertz CT molecular complexity index is 332. The van der Waals surface area contributed by atoms with E-state index in [0.29, 0.717) is 12.8 Å². The highest BCUT2D eigenvalue weighted by molar-refractivity contribution is 5.80. The van der Waals surface area contributed by atoms with E-state index in [9.17, 15) is 14.4 Å². The zero-order valence-corrected chi connectivity index (χ0v) is 11.6. The number of hydrogen-bond donors (Lipinski definition) is 4.